The fourth-order valence-electron chi connectivity index (χ4n) is 1.97. The molecule has 112 valence electrons. The van der Waals surface area contributed by atoms with Gasteiger partial charge in [-0.05, 0) is 70.5 Å². The van der Waals surface area contributed by atoms with E-state index in [9.17, 15) is 13.5 Å². The first kappa shape index (κ1) is 16.3. The number of aryl methyl sites for hydroxylation is 1. The largest absolute Gasteiger partial charge is 0.392 e. The Morgan fingerprint density at radius 3 is 2.38 bits per heavy atom. The molecule has 2 aromatic carbocycles. The third-order valence-electron chi connectivity index (χ3n) is 3.08. The molecule has 0 saturated heterocycles. The van der Waals surface area contributed by atoms with Crippen molar-refractivity contribution in [2.75, 3.05) is 4.72 Å². The third-order valence-corrected chi connectivity index (χ3v) is 5.26. The number of sulfonamides is 1. The highest BCUT2D eigenvalue weighted by atomic mass is 127. The Labute approximate surface area is 138 Å². The molecule has 0 aliphatic rings. The molecule has 0 spiro atoms. The summed E-state index contributed by atoms with van der Waals surface area (Å²) in [6.07, 6.45) is 0.606. The van der Waals surface area contributed by atoms with Gasteiger partial charge in [0.1, 0.15) is 0 Å². The monoisotopic (exact) mass is 417 g/mol. The number of nitrogens with one attached hydrogen (secondary N) is 1. The first-order chi connectivity index (χ1) is 9.96. The number of rotatable bonds is 5. The first-order valence-electron chi connectivity index (χ1n) is 6.47. The van der Waals surface area contributed by atoms with Crippen molar-refractivity contribution >= 4 is 38.3 Å². The van der Waals surface area contributed by atoms with Gasteiger partial charge in [0.25, 0.3) is 10.0 Å². The molecule has 0 aliphatic carbocycles. The second-order valence-electron chi connectivity index (χ2n) is 4.57. The van der Waals surface area contributed by atoms with Gasteiger partial charge in [0.05, 0.1) is 11.5 Å². The number of aliphatic hydroxyl groups excluding tert-OH is 1. The van der Waals surface area contributed by atoms with E-state index in [1.807, 2.05) is 19.1 Å². The summed E-state index contributed by atoms with van der Waals surface area (Å²) in [6, 6.07) is 12.1. The summed E-state index contributed by atoms with van der Waals surface area (Å²) in [6.45, 7) is 1.72. The lowest BCUT2D eigenvalue weighted by Gasteiger charge is -2.13. The molecule has 6 heteroatoms. The second-order valence-corrected chi connectivity index (χ2v) is 7.46. The molecule has 0 amide bonds. The Balaban J connectivity index is 2.41. The molecule has 0 atom stereocenters. The standard InChI is InChI=1S/C15H16INO3S/c1-2-12-4-3-11(10-18)9-15(12)21(19,20)17-14-7-5-13(16)6-8-14/h3-9,17-18H,2,10H2,1H3. The van der Waals surface area contributed by atoms with Gasteiger partial charge in [-0.1, -0.05) is 19.1 Å². The smallest absolute Gasteiger partial charge is 0.262 e. The van der Waals surface area contributed by atoms with Crippen LogP contribution >= 0.6 is 22.6 Å². The van der Waals surface area contributed by atoms with Crippen molar-refractivity contribution in [2.45, 2.75) is 24.8 Å². The van der Waals surface area contributed by atoms with Crippen molar-refractivity contribution in [3.8, 4) is 0 Å². The maximum absolute atomic E-state index is 12.5. The molecular weight excluding hydrogens is 401 g/mol. The lowest BCUT2D eigenvalue weighted by atomic mass is 10.1. The van der Waals surface area contributed by atoms with Crippen LogP contribution in [0, 0.1) is 3.57 Å². The highest BCUT2D eigenvalue weighted by Crippen LogP contribution is 2.22. The van der Waals surface area contributed by atoms with E-state index >= 15 is 0 Å². The van der Waals surface area contributed by atoms with Crippen molar-refractivity contribution in [3.63, 3.8) is 0 Å². The van der Waals surface area contributed by atoms with Crippen LogP contribution in [0.1, 0.15) is 18.1 Å². The lowest BCUT2D eigenvalue weighted by molar-refractivity contribution is 0.281. The van der Waals surface area contributed by atoms with Crippen LogP contribution < -0.4 is 4.72 Å². The Morgan fingerprint density at radius 2 is 1.81 bits per heavy atom. The van der Waals surface area contributed by atoms with Crippen LogP contribution in [0.4, 0.5) is 5.69 Å². The van der Waals surface area contributed by atoms with Gasteiger partial charge >= 0.3 is 0 Å². The first-order valence-corrected chi connectivity index (χ1v) is 9.03. The molecule has 21 heavy (non-hydrogen) atoms. The van der Waals surface area contributed by atoms with Gasteiger partial charge < -0.3 is 5.11 Å². The van der Waals surface area contributed by atoms with Crippen LogP contribution in [0.25, 0.3) is 0 Å². The van der Waals surface area contributed by atoms with E-state index < -0.39 is 10.0 Å². The van der Waals surface area contributed by atoms with Gasteiger partial charge in [0, 0.05) is 9.26 Å². The molecule has 2 N–H and O–H groups in total. The predicted octanol–water partition coefficient (Wildman–Crippen LogP) is 3.15. The average Bonchev–Trinajstić information content (AvgIpc) is 2.48. The van der Waals surface area contributed by atoms with Crippen molar-refractivity contribution in [2.24, 2.45) is 0 Å². The fraction of sp³-hybridized carbons (Fsp3) is 0.200. The predicted molar refractivity (Wildman–Crippen MR) is 91.7 cm³/mol. The molecule has 0 heterocycles. The van der Waals surface area contributed by atoms with Gasteiger partial charge in [-0.15, -0.1) is 0 Å². The highest BCUT2D eigenvalue weighted by Gasteiger charge is 2.18. The summed E-state index contributed by atoms with van der Waals surface area (Å²) >= 11 is 2.16. The van der Waals surface area contributed by atoms with Gasteiger partial charge in [-0.2, -0.15) is 0 Å². The Kier molecular flexibility index (Phi) is 5.23. The summed E-state index contributed by atoms with van der Waals surface area (Å²) in [7, 11) is -3.67. The van der Waals surface area contributed by atoms with E-state index in [1.54, 1.807) is 24.3 Å². The summed E-state index contributed by atoms with van der Waals surface area (Å²) in [5.41, 5.74) is 1.83. The van der Waals surface area contributed by atoms with Gasteiger partial charge in [-0.25, -0.2) is 8.42 Å². The number of aliphatic hydroxyl groups is 1. The molecule has 0 aliphatic heterocycles. The normalized spacial score (nSPS) is 11.4. The van der Waals surface area contributed by atoms with Crippen molar-refractivity contribution in [1.29, 1.82) is 0 Å². The van der Waals surface area contributed by atoms with E-state index in [-0.39, 0.29) is 11.5 Å². The Hall–Kier alpha value is -1.12. The zero-order chi connectivity index (χ0) is 15.5. The zero-order valence-electron chi connectivity index (χ0n) is 11.5. The zero-order valence-corrected chi connectivity index (χ0v) is 14.5. The molecule has 0 aromatic heterocycles. The van der Waals surface area contributed by atoms with Crippen LogP contribution in [0.15, 0.2) is 47.4 Å². The summed E-state index contributed by atoms with van der Waals surface area (Å²) < 4.78 is 28.7. The minimum absolute atomic E-state index is 0.184. The maximum atomic E-state index is 12.5. The molecule has 0 fully saturated rings. The summed E-state index contributed by atoms with van der Waals surface area (Å²) in [4.78, 5) is 0.218. The number of hydrogen-bond acceptors (Lipinski definition) is 3. The van der Waals surface area contributed by atoms with Crippen LogP contribution in [0.5, 0.6) is 0 Å². The molecule has 0 bridgehead atoms. The van der Waals surface area contributed by atoms with Crippen LogP contribution in [-0.4, -0.2) is 13.5 Å². The second kappa shape index (κ2) is 6.76. The Morgan fingerprint density at radius 1 is 1.14 bits per heavy atom. The lowest BCUT2D eigenvalue weighted by Crippen LogP contribution is -2.15. The topological polar surface area (TPSA) is 66.4 Å². The SMILES string of the molecule is CCc1ccc(CO)cc1S(=O)(=O)Nc1ccc(I)cc1. The highest BCUT2D eigenvalue weighted by molar-refractivity contribution is 14.1. The molecule has 4 nitrogen and oxygen atoms in total. The number of benzene rings is 2. The molecule has 0 unspecified atom stereocenters. The molecule has 2 rings (SSSR count). The third kappa shape index (κ3) is 3.96. The molecule has 2 aromatic rings. The Bertz CT molecular complexity index is 727. The van der Waals surface area contributed by atoms with Crippen molar-refractivity contribution in [1.82, 2.24) is 0 Å². The van der Waals surface area contributed by atoms with E-state index in [1.165, 1.54) is 6.07 Å². The van der Waals surface area contributed by atoms with Crippen LogP contribution in [-0.2, 0) is 23.1 Å². The van der Waals surface area contributed by atoms with E-state index in [4.69, 9.17) is 0 Å². The molecule has 0 radical (unpaired) electrons. The molecule has 0 saturated carbocycles. The molecular formula is C15H16INO3S. The number of hydrogen-bond donors (Lipinski definition) is 2. The van der Waals surface area contributed by atoms with Crippen LogP contribution in [0.3, 0.4) is 0 Å². The number of halogens is 1. The van der Waals surface area contributed by atoms with Gasteiger partial charge in [0.2, 0.25) is 0 Å². The summed E-state index contributed by atoms with van der Waals surface area (Å²) in [5, 5.41) is 9.20. The number of anilines is 1. The summed E-state index contributed by atoms with van der Waals surface area (Å²) in [5.74, 6) is 0. The minimum Gasteiger partial charge on any atom is -0.392 e. The minimum atomic E-state index is -3.67. The van der Waals surface area contributed by atoms with Crippen molar-refractivity contribution < 1.29 is 13.5 Å². The van der Waals surface area contributed by atoms with Crippen molar-refractivity contribution in [3.05, 3.63) is 57.2 Å². The van der Waals surface area contributed by atoms with Gasteiger partial charge in [-0.3, -0.25) is 4.72 Å². The van der Waals surface area contributed by atoms with Gasteiger partial charge in [0.15, 0.2) is 0 Å². The van der Waals surface area contributed by atoms with E-state index in [2.05, 4.69) is 27.3 Å². The maximum Gasteiger partial charge on any atom is 0.262 e. The average molecular weight is 417 g/mol. The fourth-order valence-corrected chi connectivity index (χ4v) is 3.75. The van der Waals surface area contributed by atoms with Crippen LogP contribution in [0.2, 0.25) is 0 Å². The van der Waals surface area contributed by atoms with E-state index in [0.717, 1.165) is 9.13 Å². The van der Waals surface area contributed by atoms with E-state index in [0.29, 0.717) is 17.7 Å². The quantitative estimate of drug-likeness (QED) is 0.735.